The van der Waals surface area contributed by atoms with Crippen molar-refractivity contribution < 1.29 is 4.79 Å². The summed E-state index contributed by atoms with van der Waals surface area (Å²) in [4.78, 5) is 21.3. The van der Waals surface area contributed by atoms with E-state index < -0.39 is 0 Å². The highest BCUT2D eigenvalue weighted by molar-refractivity contribution is 7.13. The van der Waals surface area contributed by atoms with Gasteiger partial charge in [-0.15, -0.1) is 11.3 Å². The van der Waals surface area contributed by atoms with Crippen LogP contribution in [0.2, 0.25) is 0 Å². The number of para-hydroxylation sites is 2. The highest BCUT2D eigenvalue weighted by Crippen LogP contribution is 2.22. The standard InChI is InChI=1S/C18H18N6OS/c1-12-21-14-5-3-4-6-16(14)24(12)8-7-19-17(25)15-11-26-18(22-15)13-9-20-23(2)10-13/h3-6,9-11H,7-8H2,1-2H3,(H,19,25). The molecule has 1 aromatic carbocycles. The lowest BCUT2D eigenvalue weighted by Gasteiger charge is -2.07. The van der Waals surface area contributed by atoms with E-state index in [1.165, 1.54) is 11.3 Å². The number of nitrogens with one attached hydrogen (secondary N) is 1. The number of thiazole rings is 1. The van der Waals surface area contributed by atoms with Crippen LogP contribution in [0.25, 0.3) is 21.6 Å². The second-order valence-electron chi connectivity index (χ2n) is 6.00. The number of imidazole rings is 1. The predicted octanol–water partition coefficient (Wildman–Crippen LogP) is 2.63. The van der Waals surface area contributed by atoms with Gasteiger partial charge in [-0.25, -0.2) is 9.97 Å². The third kappa shape index (κ3) is 3.11. The van der Waals surface area contributed by atoms with Gasteiger partial charge in [-0.05, 0) is 19.1 Å². The molecule has 0 saturated heterocycles. The Morgan fingerprint density at radius 3 is 2.92 bits per heavy atom. The van der Waals surface area contributed by atoms with Crippen LogP contribution in [0.1, 0.15) is 16.3 Å². The molecular weight excluding hydrogens is 348 g/mol. The number of rotatable bonds is 5. The summed E-state index contributed by atoms with van der Waals surface area (Å²) in [6.45, 7) is 3.15. The number of hydrogen-bond acceptors (Lipinski definition) is 5. The van der Waals surface area contributed by atoms with E-state index in [-0.39, 0.29) is 5.91 Å². The number of carbonyl (C=O) groups is 1. The Bertz CT molecular complexity index is 1080. The molecule has 0 bridgehead atoms. The zero-order valence-electron chi connectivity index (χ0n) is 14.5. The molecule has 0 saturated carbocycles. The van der Waals surface area contributed by atoms with Gasteiger partial charge in [0.1, 0.15) is 16.5 Å². The average Bonchev–Trinajstić information content (AvgIpc) is 3.34. The maximum absolute atomic E-state index is 12.4. The third-order valence-corrected chi connectivity index (χ3v) is 5.05. The first-order valence-electron chi connectivity index (χ1n) is 8.26. The van der Waals surface area contributed by atoms with Gasteiger partial charge in [0, 0.05) is 37.3 Å². The highest BCUT2D eigenvalue weighted by Gasteiger charge is 2.13. The van der Waals surface area contributed by atoms with Crippen molar-refractivity contribution in [3.8, 4) is 10.6 Å². The molecule has 4 aromatic rings. The Labute approximate surface area is 154 Å². The highest BCUT2D eigenvalue weighted by atomic mass is 32.1. The van der Waals surface area contributed by atoms with Crippen molar-refractivity contribution >= 4 is 28.3 Å². The van der Waals surface area contributed by atoms with E-state index in [0.29, 0.717) is 18.8 Å². The summed E-state index contributed by atoms with van der Waals surface area (Å²) in [5.74, 6) is 0.770. The minimum atomic E-state index is -0.168. The van der Waals surface area contributed by atoms with Crippen molar-refractivity contribution in [2.75, 3.05) is 6.54 Å². The van der Waals surface area contributed by atoms with Crippen molar-refractivity contribution in [3.05, 3.63) is 53.6 Å². The first-order valence-corrected chi connectivity index (χ1v) is 9.14. The fourth-order valence-electron chi connectivity index (χ4n) is 2.89. The summed E-state index contributed by atoms with van der Waals surface area (Å²) < 4.78 is 3.83. The number of amides is 1. The molecule has 3 aromatic heterocycles. The van der Waals surface area contributed by atoms with Crippen molar-refractivity contribution in [1.29, 1.82) is 0 Å². The fourth-order valence-corrected chi connectivity index (χ4v) is 3.67. The number of fused-ring (bicyclic) bond motifs is 1. The van der Waals surface area contributed by atoms with Gasteiger partial charge >= 0.3 is 0 Å². The van der Waals surface area contributed by atoms with Crippen molar-refractivity contribution in [2.45, 2.75) is 13.5 Å². The number of benzene rings is 1. The van der Waals surface area contributed by atoms with E-state index in [9.17, 15) is 4.79 Å². The zero-order chi connectivity index (χ0) is 18.1. The molecule has 0 radical (unpaired) electrons. The molecule has 8 heteroatoms. The molecule has 0 atom stereocenters. The monoisotopic (exact) mass is 366 g/mol. The fraction of sp³-hybridized carbons (Fsp3) is 0.222. The molecule has 1 amide bonds. The van der Waals surface area contributed by atoms with E-state index >= 15 is 0 Å². The maximum atomic E-state index is 12.4. The lowest BCUT2D eigenvalue weighted by Crippen LogP contribution is -2.27. The van der Waals surface area contributed by atoms with Crippen LogP contribution in [0.5, 0.6) is 0 Å². The quantitative estimate of drug-likeness (QED) is 0.589. The minimum absolute atomic E-state index is 0.168. The number of aryl methyl sites for hydroxylation is 2. The molecule has 3 heterocycles. The SMILES string of the molecule is Cc1nc2ccccc2n1CCNC(=O)c1csc(-c2cnn(C)c2)n1. The van der Waals surface area contributed by atoms with Gasteiger partial charge in [-0.2, -0.15) is 5.10 Å². The molecule has 0 aliphatic rings. The third-order valence-electron chi connectivity index (χ3n) is 4.16. The smallest absolute Gasteiger partial charge is 0.270 e. The van der Waals surface area contributed by atoms with Gasteiger partial charge in [0.2, 0.25) is 0 Å². The Morgan fingerprint density at radius 2 is 2.12 bits per heavy atom. The molecule has 4 rings (SSSR count). The Balaban J connectivity index is 1.41. The molecule has 0 fully saturated rings. The molecule has 1 N–H and O–H groups in total. The second kappa shape index (κ2) is 6.72. The summed E-state index contributed by atoms with van der Waals surface area (Å²) in [5.41, 5.74) is 3.39. The zero-order valence-corrected chi connectivity index (χ0v) is 15.3. The molecule has 0 spiro atoms. The lowest BCUT2D eigenvalue weighted by atomic mass is 10.3. The van der Waals surface area contributed by atoms with Crippen LogP contribution >= 0.6 is 11.3 Å². The minimum Gasteiger partial charge on any atom is -0.349 e. The first-order chi connectivity index (χ1) is 12.6. The predicted molar refractivity (Wildman–Crippen MR) is 101 cm³/mol. The molecule has 0 aliphatic heterocycles. The Kier molecular flexibility index (Phi) is 4.26. The van der Waals surface area contributed by atoms with Crippen LogP contribution in [-0.2, 0) is 13.6 Å². The number of aromatic nitrogens is 5. The van der Waals surface area contributed by atoms with Crippen LogP contribution < -0.4 is 5.32 Å². The van der Waals surface area contributed by atoms with Crippen LogP contribution in [-0.4, -0.2) is 36.8 Å². The first kappa shape index (κ1) is 16.5. The van der Waals surface area contributed by atoms with Gasteiger partial charge in [-0.3, -0.25) is 9.48 Å². The summed E-state index contributed by atoms with van der Waals surface area (Å²) in [6, 6.07) is 8.00. The van der Waals surface area contributed by atoms with Gasteiger partial charge in [0.25, 0.3) is 5.91 Å². The summed E-state index contributed by atoms with van der Waals surface area (Å²) in [5, 5.41) is 9.63. The number of carbonyl (C=O) groups excluding carboxylic acids is 1. The van der Waals surface area contributed by atoms with Gasteiger partial charge < -0.3 is 9.88 Å². The van der Waals surface area contributed by atoms with Crippen molar-refractivity contribution in [1.82, 2.24) is 29.6 Å². The normalized spacial score (nSPS) is 11.2. The van der Waals surface area contributed by atoms with E-state index in [2.05, 4.69) is 25.0 Å². The molecular formula is C18H18N6OS. The van der Waals surface area contributed by atoms with Gasteiger partial charge in [-0.1, -0.05) is 12.1 Å². The van der Waals surface area contributed by atoms with E-state index in [4.69, 9.17) is 0 Å². The van der Waals surface area contributed by atoms with Crippen LogP contribution in [0, 0.1) is 6.92 Å². The van der Waals surface area contributed by atoms with Crippen LogP contribution in [0.3, 0.4) is 0 Å². The van der Waals surface area contributed by atoms with Crippen LogP contribution in [0.4, 0.5) is 0 Å². The second-order valence-corrected chi connectivity index (χ2v) is 6.85. The Hall–Kier alpha value is -3.00. The largest absolute Gasteiger partial charge is 0.349 e. The molecule has 26 heavy (non-hydrogen) atoms. The van der Waals surface area contributed by atoms with Crippen molar-refractivity contribution in [2.24, 2.45) is 7.05 Å². The molecule has 0 aliphatic carbocycles. The van der Waals surface area contributed by atoms with Crippen LogP contribution in [0.15, 0.2) is 42.0 Å². The van der Waals surface area contributed by atoms with Crippen molar-refractivity contribution in [3.63, 3.8) is 0 Å². The molecule has 7 nitrogen and oxygen atoms in total. The summed E-state index contributed by atoms with van der Waals surface area (Å²) in [7, 11) is 1.85. The van der Waals surface area contributed by atoms with Gasteiger partial charge in [0.05, 0.1) is 17.2 Å². The lowest BCUT2D eigenvalue weighted by molar-refractivity contribution is 0.0948. The van der Waals surface area contributed by atoms with E-state index in [1.54, 1.807) is 16.3 Å². The summed E-state index contributed by atoms with van der Waals surface area (Å²) >= 11 is 1.44. The Morgan fingerprint density at radius 1 is 1.27 bits per heavy atom. The van der Waals surface area contributed by atoms with Gasteiger partial charge in [0.15, 0.2) is 0 Å². The topological polar surface area (TPSA) is 77.6 Å². The molecule has 132 valence electrons. The average molecular weight is 366 g/mol. The van der Waals surface area contributed by atoms with E-state index in [1.807, 2.05) is 44.4 Å². The maximum Gasteiger partial charge on any atom is 0.270 e. The number of hydrogen-bond donors (Lipinski definition) is 1. The summed E-state index contributed by atoms with van der Waals surface area (Å²) in [6.07, 6.45) is 3.63. The van der Waals surface area contributed by atoms with E-state index in [0.717, 1.165) is 27.4 Å². The number of nitrogens with zero attached hydrogens (tertiary/aromatic N) is 5. The molecule has 0 unspecified atom stereocenters.